The number of amides is 2. The second kappa shape index (κ2) is 13.0. The van der Waals surface area contributed by atoms with Crippen LogP contribution in [0.5, 0.6) is 0 Å². The third-order valence-electron chi connectivity index (χ3n) is 7.68. The van der Waals surface area contributed by atoms with Crippen LogP contribution >= 0.6 is 0 Å². The number of pyridine rings is 1. The maximum atomic E-state index is 16.0. The summed E-state index contributed by atoms with van der Waals surface area (Å²) in [5.74, 6) is -3.99. The summed E-state index contributed by atoms with van der Waals surface area (Å²) in [6.45, 7) is 2.29. The Kier molecular flexibility index (Phi) is 9.16. The molecule has 0 aliphatic carbocycles. The van der Waals surface area contributed by atoms with Crippen LogP contribution in [0.15, 0.2) is 35.3 Å². The van der Waals surface area contributed by atoms with Crippen molar-refractivity contribution in [3.05, 3.63) is 63.7 Å². The highest BCUT2D eigenvalue weighted by Gasteiger charge is 2.33. The first-order valence-electron chi connectivity index (χ1n) is 14.3. The smallest absolute Gasteiger partial charge is 0.414 e. The lowest BCUT2D eigenvalue weighted by molar-refractivity contribution is -0.119. The minimum absolute atomic E-state index is 0.0320. The van der Waals surface area contributed by atoms with Crippen LogP contribution in [-0.2, 0) is 20.8 Å². The number of ether oxygens (including phenoxy) is 2. The fourth-order valence-corrected chi connectivity index (χ4v) is 5.58. The van der Waals surface area contributed by atoms with Gasteiger partial charge in [0, 0.05) is 39.3 Å². The summed E-state index contributed by atoms with van der Waals surface area (Å²) < 4.78 is 71.2. The van der Waals surface area contributed by atoms with Gasteiger partial charge in [-0.25, -0.2) is 27.2 Å². The van der Waals surface area contributed by atoms with Crippen molar-refractivity contribution in [2.24, 2.45) is 0 Å². The summed E-state index contributed by atoms with van der Waals surface area (Å²) in [4.78, 5) is 53.1. The highest BCUT2D eigenvalue weighted by atomic mass is 19.1. The second-order valence-corrected chi connectivity index (χ2v) is 10.6. The molecule has 5 rings (SSSR count). The topological polar surface area (TPSA) is 113 Å². The monoisotopic (exact) mass is 633 g/mol. The molecule has 3 heterocycles. The van der Waals surface area contributed by atoms with Gasteiger partial charge in [0.1, 0.15) is 35.7 Å². The van der Waals surface area contributed by atoms with Gasteiger partial charge in [0.05, 0.1) is 48.5 Å². The van der Waals surface area contributed by atoms with Gasteiger partial charge in [0.15, 0.2) is 5.82 Å². The predicted octanol–water partition coefficient (Wildman–Crippen LogP) is 3.35. The minimum atomic E-state index is -1.08. The molecule has 2 saturated heterocycles. The molecule has 0 radical (unpaired) electrons. The van der Waals surface area contributed by atoms with E-state index in [0.717, 1.165) is 16.8 Å². The maximum absolute atomic E-state index is 16.0. The lowest BCUT2D eigenvalue weighted by Crippen LogP contribution is -2.47. The SMILES string of the molecule is CCOC(=O)c1cn(CCF)c2c(F)c(N3CCN(c4ccc(N5C[C@H](CNC(C)=O)OC5=O)cc4F)CC3)c(F)cc2c1=O. The van der Waals surface area contributed by atoms with Gasteiger partial charge in [0.25, 0.3) is 0 Å². The Bertz CT molecular complexity index is 1710. The number of cyclic esters (lactones) is 1. The molecule has 240 valence electrons. The number of aromatic nitrogens is 1. The Morgan fingerprint density at radius 2 is 1.76 bits per heavy atom. The first-order valence-corrected chi connectivity index (χ1v) is 14.3. The lowest BCUT2D eigenvalue weighted by Gasteiger charge is -2.38. The molecule has 1 aromatic heterocycles. The van der Waals surface area contributed by atoms with Crippen LogP contribution in [0.25, 0.3) is 10.9 Å². The van der Waals surface area contributed by atoms with Gasteiger partial charge in [0.2, 0.25) is 11.3 Å². The molecule has 0 saturated carbocycles. The Morgan fingerprint density at radius 1 is 1.04 bits per heavy atom. The Balaban J connectivity index is 1.35. The van der Waals surface area contributed by atoms with Gasteiger partial charge in [-0.1, -0.05) is 0 Å². The van der Waals surface area contributed by atoms with E-state index in [9.17, 15) is 23.6 Å². The van der Waals surface area contributed by atoms with Crippen LogP contribution in [0, 0.1) is 17.5 Å². The van der Waals surface area contributed by atoms with Crippen molar-refractivity contribution in [2.75, 3.05) is 67.2 Å². The van der Waals surface area contributed by atoms with E-state index in [4.69, 9.17) is 9.47 Å². The van der Waals surface area contributed by atoms with Crippen LogP contribution in [0.2, 0.25) is 0 Å². The Labute approximate surface area is 254 Å². The summed E-state index contributed by atoms with van der Waals surface area (Å²) in [5, 5.41) is 2.15. The zero-order chi connectivity index (χ0) is 32.4. The van der Waals surface area contributed by atoms with E-state index in [1.807, 2.05) is 0 Å². The van der Waals surface area contributed by atoms with Crippen molar-refractivity contribution < 1.29 is 41.4 Å². The number of alkyl halides is 1. The summed E-state index contributed by atoms with van der Waals surface area (Å²) in [7, 11) is 0. The van der Waals surface area contributed by atoms with E-state index in [0.29, 0.717) is 0 Å². The standard InChI is InChI=1S/C30H31F4N5O6/c1-3-44-29(42)21-16-38(7-6-31)26-20(28(21)41)13-23(33)27(25(26)34)37-10-8-36(9-11-37)24-5-4-18(12-22(24)32)39-15-19(45-30(39)43)14-35-17(2)40/h4-5,12-13,16,19H,3,6-11,14-15H2,1-2H3,(H,35,40)/t19-/m0/s1. The molecular formula is C30H31F4N5O6. The van der Waals surface area contributed by atoms with Crippen LogP contribution < -0.4 is 25.4 Å². The number of halogens is 4. The first-order chi connectivity index (χ1) is 21.5. The largest absolute Gasteiger partial charge is 0.462 e. The van der Waals surface area contributed by atoms with Gasteiger partial charge in [-0.05, 0) is 31.2 Å². The second-order valence-electron chi connectivity index (χ2n) is 10.6. The molecule has 45 heavy (non-hydrogen) atoms. The minimum Gasteiger partial charge on any atom is -0.462 e. The molecule has 0 spiro atoms. The Morgan fingerprint density at radius 3 is 2.40 bits per heavy atom. The number of carbonyl (C=O) groups excluding carboxylic acids is 3. The number of hydrogen-bond acceptors (Lipinski definition) is 8. The third kappa shape index (κ3) is 6.24. The van der Waals surface area contributed by atoms with Crippen LogP contribution in [0.4, 0.5) is 39.4 Å². The highest BCUT2D eigenvalue weighted by Crippen LogP contribution is 2.33. The van der Waals surface area contributed by atoms with Gasteiger partial charge < -0.3 is 29.2 Å². The van der Waals surface area contributed by atoms with Crippen molar-refractivity contribution in [3.63, 3.8) is 0 Å². The van der Waals surface area contributed by atoms with E-state index in [-0.39, 0.29) is 75.2 Å². The highest BCUT2D eigenvalue weighted by molar-refractivity contribution is 5.95. The molecule has 15 heteroatoms. The third-order valence-corrected chi connectivity index (χ3v) is 7.68. The van der Waals surface area contributed by atoms with Crippen molar-refractivity contribution in [1.82, 2.24) is 9.88 Å². The number of nitrogens with zero attached hydrogens (tertiary/aromatic N) is 4. The zero-order valence-corrected chi connectivity index (χ0v) is 24.6. The molecule has 2 fully saturated rings. The average Bonchev–Trinajstić information content (AvgIpc) is 3.38. The van der Waals surface area contributed by atoms with Crippen LogP contribution in [0.3, 0.4) is 0 Å². The van der Waals surface area contributed by atoms with Gasteiger partial charge in [-0.2, -0.15) is 0 Å². The molecule has 2 amide bonds. The fraction of sp³-hybridized carbons (Fsp3) is 0.400. The number of esters is 1. The summed E-state index contributed by atoms with van der Waals surface area (Å²) in [6.07, 6.45) is -0.235. The number of aryl methyl sites for hydroxylation is 1. The summed E-state index contributed by atoms with van der Waals surface area (Å²) in [6, 6.07) is 5.09. The van der Waals surface area contributed by atoms with E-state index in [1.165, 1.54) is 35.8 Å². The number of rotatable bonds is 9. The average molecular weight is 634 g/mol. The van der Waals surface area contributed by atoms with Gasteiger partial charge >= 0.3 is 12.1 Å². The molecule has 11 nitrogen and oxygen atoms in total. The molecule has 1 atom stereocenters. The number of carbonyl (C=O) groups is 3. The number of piperazine rings is 1. The molecular weight excluding hydrogens is 602 g/mol. The molecule has 2 aliphatic rings. The number of nitrogens with one attached hydrogen (secondary N) is 1. The number of hydrogen-bond donors (Lipinski definition) is 1. The van der Waals surface area contributed by atoms with Crippen LogP contribution in [-0.4, -0.2) is 81.2 Å². The molecule has 2 aromatic carbocycles. The van der Waals surface area contributed by atoms with Crippen molar-refractivity contribution in [1.29, 1.82) is 0 Å². The normalized spacial score (nSPS) is 16.7. The van der Waals surface area contributed by atoms with E-state index in [2.05, 4.69) is 5.32 Å². The Hall–Kier alpha value is -4.82. The van der Waals surface area contributed by atoms with Gasteiger partial charge in [-0.3, -0.25) is 14.5 Å². The molecule has 0 unspecified atom stereocenters. The van der Waals surface area contributed by atoms with E-state index in [1.54, 1.807) is 11.0 Å². The van der Waals surface area contributed by atoms with E-state index >= 15 is 13.2 Å². The number of anilines is 3. The zero-order valence-electron chi connectivity index (χ0n) is 24.6. The van der Waals surface area contributed by atoms with Crippen molar-refractivity contribution in [2.45, 2.75) is 26.5 Å². The fourth-order valence-electron chi connectivity index (χ4n) is 5.58. The number of benzene rings is 2. The quantitative estimate of drug-likeness (QED) is 0.282. The first kappa shape index (κ1) is 31.6. The molecule has 1 N–H and O–H groups in total. The summed E-state index contributed by atoms with van der Waals surface area (Å²) in [5.41, 5.74) is -1.66. The van der Waals surface area contributed by atoms with E-state index < -0.39 is 64.4 Å². The summed E-state index contributed by atoms with van der Waals surface area (Å²) >= 11 is 0. The number of fused-ring (bicyclic) bond motifs is 1. The lowest BCUT2D eigenvalue weighted by atomic mass is 10.1. The molecule has 3 aromatic rings. The van der Waals surface area contributed by atoms with Gasteiger partial charge in [-0.15, -0.1) is 0 Å². The predicted molar refractivity (Wildman–Crippen MR) is 157 cm³/mol. The van der Waals surface area contributed by atoms with Crippen molar-refractivity contribution >= 4 is 45.9 Å². The molecule has 2 aliphatic heterocycles. The maximum Gasteiger partial charge on any atom is 0.414 e. The van der Waals surface area contributed by atoms with Crippen LogP contribution in [0.1, 0.15) is 24.2 Å². The molecule has 0 bridgehead atoms. The van der Waals surface area contributed by atoms with Crippen molar-refractivity contribution in [3.8, 4) is 0 Å².